The fourth-order valence-electron chi connectivity index (χ4n) is 2.19. The summed E-state index contributed by atoms with van der Waals surface area (Å²) in [6.07, 6.45) is 0.610. The van der Waals surface area contributed by atoms with Crippen molar-refractivity contribution in [1.29, 1.82) is 0 Å². The van der Waals surface area contributed by atoms with E-state index >= 15 is 0 Å². The van der Waals surface area contributed by atoms with E-state index in [1.54, 1.807) is 19.2 Å². The van der Waals surface area contributed by atoms with Gasteiger partial charge >= 0.3 is 0 Å². The first-order valence-electron chi connectivity index (χ1n) is 7.05. The van der Waals surface area contributed by atoms with Gasteiger partial charge < -0.3 is 15.4 Å². The smallest absolute Gasteiger partial charge is 0.191 e. The third-order valence-corrected chi connectivity index (χ3v) is 5.37. The summed E-state index contributed by atoms with van der Waals surface area (Å²) in [5, 5.41) is 6.77. The molecule has 0 bridgehead atoms. The van der Waals surface area contributed by atoms with E-state index in [0.717, 1.165) is 0 Å². The van der Waals surface area contributed by atoms with Crippen molar-refractivity contribution < 1.29 is 13.2 Å². The minimum atomic E-state index is -2.90. The maximum Gasteiger partial charge on any atom is 0.191 e. The number of halogens is 2. The van der Waals surface area contributed by atoms with Crippen molar-refractivity contribution >= 4 is 51.4 Å². The van der Waals surface area contributed by atoms with E-state index < -0.39 is 9.84 Å². The molecule has 1 unspecified atom stereocenters. The molecule has 1 atom stereocenters. The van der Waals surface area contributed by atoms with E-state index in [2.05, 4.69) is 15.6 Å². The normalized spacial score (nSPS) is 19.7. The summed E-state index contributed by atoms with van der Waals surface area (Å²) in [6, 6.07) is 7.19. The first-order valence-corrected chi connectivity index (χ1v) is 9.25. The number of sulfone groups is 1. The average Bonchev–Trinajstić information content (AvgIpc) is 2.83. The van der Waals surface area contributed by atoms with Gasteiger partial charge in [0.25, 0.3) is 0 Å². The van der Waals surface area contributed by atoms with Crippen LogP contribution >= 0.6 is 35.6 Å². The Kier molecular flexibility index (Phi) is 8.41. The number of para-hydroxylation sites is 1. The summed E-state index contributed by atoms with van der Waals surface area (Å²) in [5.74, 6) is 1.60. The molecule has 1 fully saturated rings. The van der Waals surface area contributed by atoms with Gasteiger partial charge in [0.2, 0.25) is 0 Å². The molecule has 0 radical (unpaired) electrons. The molecule has 0 spiro atoms. The molecular formula is C14H21ClIN3O3S. The number of ether oxygens (including phenoxy) is 1. The van der Waals surface area contributed by atoms with Crippen LogP contribution in [0.2, 0.25) is 5.02 Å². The lowest BCUT2D eigenvalue weighted by molar-refractivity contribution is 0.322. The van der Waals surface area contributed by atoms with Crippen LogP contribution in [0.1, 0.15) is 6.42 Å². The van der Waals surface area contributed by atoms with E-state index in [4.69, 9.17) is 16.3 Å². The zero-order chi connectivity index (χ0) is 16.0. The lowest BCUT2D eigenvalue weighted by Gasteiger charge is -2.16. The minimum absolute atomic E-state index is 0. The van der Waals surface area contributed by atoms with Crippen LogP contribution in [-0.2, 0) is 9.84 Å². The van der Waals surface area contributed by atoms with Gasteiger partial charge in [0, 0.05) is 13.1 Å². The zero-order valence-corrected chi connectivity index (χ0v) is 16.7. The van der Waals surface area contributed by atoms with Crippen LogP contribution < -0.4 is 15.4 Å². The van der Waals surface area contributed by atoms with Gasteiger partial charge in [-0.1, -0.05) is 23.7 Å². The fourth-order valence-corrected chi connectivity index (χ4v) is 4.05. The van der Waals surface area contributed by atoms with E-state index in [0.29, 0.717) is 36.3 Å². The molecule has 0 aromatic heterocycles. The second-order valence-electron chi connectivity index (χ2n) is 5.02. The van der Waals surface area contributed by atoms with E-state index in [-0.39, 0.29) is 41.5 Å². The Morgan fingerprint density at radius 1 is 1.43 bits per heavy atom. The van der Waals surface area contributed by atoms with E-state index in [1.165, 1.54) is 0 Å². The first-order chi connectivity index (χ1) is 10.5. The second-order valence-corrected chi connectivity index (χ2v) is 7.66. The Bertz CT molecular complexity index is 640. The summed E-state index contributed by atoms with van der Waals surface area (Å²) in [7, 11) is -1.25. The van der Waals surface area contributed by atoms with Crippen molar-refractivity contribution in [2.24, 2.45) is 4.99 Å². The van der Waals surface area contributed by atoms with Crippen LogP contribution in [0.5, 0.6) is 5.75 Å². The van der Waals surface area contributed by atoms with Crippen LogP contribution in [0, 0.1) is 0 Å². The lowest BCUT2D eigenvalue weighted by Crippen LogP contribution is -2.45. The van der Waals surface area contributed by atoms with Crippen molar-refractivity contribution in [3.05, 3.63) is 29.3 Å². The maximum absolute atomic E-state index is 11.4. The molecule has 6 nitrogen and oxygen atoms in total. The predicted octanol–water partition coefficient (Wildman–Crippen LogP) is 1.69. The number of aliphatic imine (C=N–C) groups is 1. The molecule has 0 amide bonds. The van der Waals surface area contributed by atoms with Crippen LogP contribution in [0.4, 0.5) is 0 Å². The highest BCUT2D eigenvalue weighted by Crippen LogP contribution is 2.22. The Balaban J connectivity index is 0.00000264. The van der Waals surface area contributed by atoms with Gasteiger partial charge in [-0.2, -0.15) is 0 Å². The number of rotatable bonds is 5. The Morgan fingerprint density at radius 3 is 2.78 bits per heavy atom. The number of hydrogen-bond donors (Lipinski definition) is 2. The molecule has 1 aromatic rings. The number of nitrogens with zero attached hydrogens (tertiary/aromatic N) is 1. The highest BCUT2D eigenvalue weighted by molar-refractivity contribution is 14.0. The van der Waals surface area contributed by atoms with Crippen LogP contribution in [-0.4, -0.2) is 52.1 Å². The maximum atomic E-state index is 11.4. The minimum Gasteiger partial charge on any atom is -0.490 e. The second kappa shape index (κ2) is 9.53. The van der Waals surface area contributed by atoms with Gasteiger partial charge in [0.05, 0.1) is 23.1 Å². The van der Waals surface area contributed by atoms with Crippen LogP contribution in [0.3, 0.4) is 0 Å². The molecular weight excluding hydrogens is 453 g/mol. The van der Waals surface area contributed by atoms with Gasteiger partial charge in [-0.05, 0) is 18.6 Å². The highest BCUT2D eigenvalue weighted by atomic mass is 127. The molecule has 1 heterocycles. The molecule has 1 aliphatic heterocycles. The summed E-state index contributed by atoms with van der Waals surface area (Å²) in [4.78, 5) is 4.08. The molecule has 9 heteroatoms. The van der Waals surface area contributed by atoms with Crippen molar-refractivity contribution in [2.75, 3.05) is 31.7 Å². The number of benzene rings is 1. The monoisotopic (exact) mass is 473 g/mol. The van der Waals surface area contributed by atoms with Gasteiger partial charge in [-0.25, -0.2) is 8.42 Å². The molecule has 2 N–H and O–H groups in total. The third kappa shape index (κ3) is 6.72. The quantitative estimate of drug-likeness (QED) is 0.294. The molecule has 0 aliphatic carbocycles. The van der Waals surface area contributed by atoms with Crippen molar-refractivity contribution in [2.45, 2.75) is 12.5 Å². The Hall–Kier alpha value is -0.740. The van der Waals surface area contributed by atoms with Crippen molar-refractivity contribution in [3.63, 3.8) is 0 Å². The van der Waals surface area contributed by atoms with Crippen LogP contribution in [0.15, 0.2) is 29.3 Å². The summed E-state index contributed by atoms with van der Waals surface area (Å²) < 4.78 is 28.4. The third-order valence-electron chi connectivity index (χ3n) is 3.29. The molecule has 1 saturated heterocycles. The van der Waals surface area contributed by atoms with Crippen molar-refractivity contribution in [1.82, 2.24) is 10.6 Å². The summed E-state index contributed by atoms with van der Waals surface area (Å²) >= 11 is 5.99. The predicted molar refractivity (Wildman–Crippen MR) is 104 cm³/mol. The van der Waals surface area contributed by atoms with E-state index in [9.17, 15) is 8.42 Å². The molecule has 1 aliphatic rings. The summed E-state index contributed by atoms with van der Waals surface area (Å²) in [6.45, 7) is 0.956. The molecule has 2 rings (SSSR count). The van der Waals surface area contributed by atoms with Gasteiger partial charge in [0.1, 0.15) is 12.4 Å². The SMILES string of the molecule is CN=C(NCCOc1ccccc1Cl)NC1CCS(=O)(=O)C1.I. The van der Waals surface area contributed by atoms with Crippen molar-refractivity contribution in [3.8, 4) is 5.75 Å². The summed E-state index contributed by atoms with van der Waals surface area (Å²) in [5.41, 5.74) is 0. The lowest BCUT2D eigenvalue weighted by atomic mass is 10.3. The molecule has 130 valence electrons. The highest BCUT2D eigenvalue weighted by Gasteiger charge is 2.28. The standard InChI is InChI=1S/C14H20ClN3O3S.HI/c1-16-14(18-11-6-9-22(19,20)10-11)17-7-8-21-13-5-3-2-4-12(13)15;/h2-5,11H,6-10H2,1H3,(H2,16,17,18);1H. The molecule has 0 saturated carbocycles. The van der Waals surface area contributed by atoms with Gasteiger partial charge in [0.15, 0.2) is 15.8 Å². The van der Waals surface area contributed by atoms with Gasteiger partial charge in [-0.3, -0.25) is 4.99 Å². The fraction of sp³-hybridized carbons (Fsp3) is 0.500. The zero-order valence-electron chi connectivity index (χ0n) is 12.8. The molecule has 23 heavy (non-hydrogen) atoms. The molecule has 1 aromatic carbocycles. The first kappa shape index (κ1) is 20.3. The van der Waals surface area contributed by atoms with E-state index in [1.807, 2.05) is 12.1 Å². The topological polar surface area (TPSA) is 79.8 Å². The largest absolute Gasteiger partial charge is 0.490 e. The van der Waals surface area contributed by atoms with Crippen LogP contribution in [0.25, 0.3) is 0 Å². The van der Waals surface area contributed by atoms with Gasteiger partial charge in [-0.15, -0.1) is 24.0 Å². The Morgan fingerprint density at radius 2 is 2.17 bits per heavy atom. The number of guanidine groups is 1. The average molecular weight is 474 g/mol. The number of hydrogen-bond acceptors (Lipinski definition) is 4. The number of nitrogens with one attached hydrogen (secondary N) is 2. The Labute approximate surface area is 159 Å².